The average Bonchev–Trinajstić information content (AvgIpc) is 3.09. The number of cyclic esters (lactones) is 1. The van der Waals surface area contributed by atoms with Gasteiger partial charge in [-0.3, -0.25) is 9.59 Å². The highest BCUT2D eigenvalue weighted by Gasteiger charge is 2.47. The van der Waals surface area contributed by atoms with E-state index in [1.807, 2.05) is 0 Å². The van der Waals surface area contributed by atoms with Crippen LogP contribution in [0.4, 0.5) is 8.78 Å². The van der Waals surface area contributed by atoms with Gasteiger partial charge < -0.3 is 9.47 Å². The summed E-state index contributed by atoms with van der Waals surface area (Å²) in [5, 5.41) is 0.106. The van der Waals surface area contributed by atoms with Crippen LogP contribution in [0, 0.1) is 5.92 Å². The molecule has 4 nitrogen and oxygen atoms in total. The van der Waals surface area contributed by atoms with Gasteiger partial charge in [0.1, 0.15) is 23.6 Å². The van der Waals surface area contributed by atoms with E-state index in [0.29, 0.717) is 12.8 Å². The number of benzene rings is 1. The zero-order valence-electron chi connectivity index (χ0n) is 14.3. The fourth-order valence-electron chi connectivity index (χ4n) is 4.13. The lowest BCUT2D eigenvalue weighted by atomic mass is 9.76. The topological polar surface area (TPSA) is 52.6 Å². The number of carbonyl (C=O) groups is 2. The van der Waals surface area contributed by atoms with Crippen LogP contribution < -0.4 is 4.74 Å². The lowest BCUT2D eigenvalue weighted by molar-refractivity contribution is -0.178. The van der Waals surface area contributed by atoms with E-state index in [9.17, 15) is 18.4 Å². The van der Waals surface area contributed by atoms with Crippen LogP contribution in [0.25, 0.3) is 0 Å². The molecule has 7 heteroatoms. The summed E-state index contributed by atoms with van der Waals surface area (Å²) in [5.74, 6) is -0.415. The van der Waals surface area contributed by atoms with Crippen LogP contribution in [0.2, 0.25) is 5.02 Å². The maximum Gasteiger partial charge on any atom is 0.387 e. The lowest BCUT2D eigenvalue weighted by Gasteiger charge is -2.41. The van der Waals surface area contributed by atoms with Crippen molar-refractivity contribution in [1.29, 1.82) is 0 Å². The summed E-state index contributed by atoms with van der Waals surface area (Å²) >= 11 is 6.01. The quantitative estimate of drug-likeness (QED) is 0.525. The molecule has 1 unspecified atom stereocenters. The molecule has 3 rings (SSSR count). The van der Waals surface area contributed by atoms with E-state index in [4.69, 9.17) is 16.3 Å². The van der Waals surface area contributed by atoms with Crippen molar-refractivity contribution in [3.8, 4) is 5.75 Å². The zero-order valence-corrected chi connectivity index (χ0v) is 15.1. The monoisotopic (exact) mass is 386 g/mol. The molecule has 1 aromatic rings. The molecule has 1 saturated carbocycles. The number of alkyl halides is 2. The van der Waals surface area contributed by atoms with Gasteiger partial charge in [0, 0.05) is 6.42 Å². The average molecular weight is 387 g/mol. The summed E-state index contributed by atoms with van der Waals surface area (Å²) in [5.41, 5.74) is 0.0659. The van der Waals surface area contributed by atoms with Crippen LogP contribution in [0.3, 0.4) is 0 Å². The lowest BCUT2D eigenvalue weighted by Crippen LogP contribution is -2.48. The fraction of sp³-hybridized carbons (Fsp3) is 0.579. The van der Waals surface area contributed by atoms with E-state index in [1.165, 1.54) is 6.07 Å². The van der Waals surface area contributed by atoms with Crippen molar-refractivity contribution in [1.82, 2.24) is 0 Å². The van der Waals surface area contributed by atoms with Crippen LogP contribution in [-0.4, -0.2) is 24.0 Å². The van der Waals surface area contributed by atoms with E-state index >= 15 is 0 Å². The van der Waals surface area contributed by atoms with Gasteiger partial charge >= 0.3 is 12.6 Å². The Morgan fingerprint density at radius 2 is 2.00 bits per heavy atom. The first-order valence-corrected chi connectivity index (χ1v) is 9.22. The Morgan fingerprint density at radius 3 is 2.62 bits per heavy atom. The first-order valence-electron chi connectivity index (χ1n) is 8.85. The molecule has 1 aliphatic heterocycles. The number of ketones is 1. The minimum absolute atomic E-state index is 0.0739. The van der Waals surface area contributed by atoms with Gasteiger partial charge in [-0.15, -0.1) is 0 Å². The number of rotatable bonds is 6. The van der Waals surface area contributed by atoms with Gasteiger partial charge in [-0.05, 0) is 49.3 Å². The molecule has 0 radical (unpaired) electrons. The summed E-state index contributed by atoms with van der Waals surface area (Å²) in [6.07, 6.45) is 5.19. The summed E-state index contributed by atoms with van der Waals surface area (Å²) in [4.78, 5) is 24.0. The molecule has 142 valence electrons. The van der Waals surface area contributed by atoms with Crippen LogP contribution in [0.1, 0.15) is 50.5 Å². The van der Waals surface area contributed by atoms with E-state index < -0.39 is 18.2 Å². The number of Topliss-reactive ketones (excluding diaryl/α,β-unsaturated/α-hetero) is 1. The van der Waals surface area contributed by atoms with Gasteiger partial charge in [-0.2, -0.15) is 8.78 Å². The SMILES string of the molecule is O=C1CC(=O)OC(CCc2ccc(OC(F)F)c(Cl)c2)(C2CCCC2)C1. The number of ether oxygens (including phenoxy) is 2. The molecule has 1 heterocycles. The Bertz CT molecular complexity index is 670. The highest BCUT2D eigenvalue weighted by Crippen LogP contribution is 2.44. The van der Waals surface area contributed by atoms with Crippen LogP contribution >= 0.6 is 11.6 Å². The van der Waals surface area contributed by atoms with E-state index in [2.05, 4.69) is 4.74 Å². The Balaban J connectivity index is 1.74. The van der Waals surface area contributed by atoms with Crippen molar-refractivity contribution in [2.45, 2.75) is 63.6 Å². The first-order chi connectivity index (χ1) is 12.4. The Kier molecular flexibility index (Phi) is 5.80. The molecule has 2 aliphatic rings. The molecule has 0 bridgehead atoms. The molecule has 1 aromatic carbocycles. The van der Waals surface area contributed by atoms with E-state index in [0.717, 1.165) is 31.2 Å². The largest absolute Gasteiger partial charge is 0.458 e. The molecule has 0 amide bonds. The Hall–Kier alpha value is -1.69. The second-order valence-corrected chi connectivity index (χ2v) is 7.46. The third kappa shape index (κ3) is 4.34. The Labute approximate surface area is 155 Å². The zero-order chi connectivity index (χ0) is 18.7. The van der Waals surface area contributed by atoms with Crippen molar-refractivity contribution in [3.05, 3.63) is 28.8 Å². The molecular weight excluding hydrogens is 366 g/mol. The number of hydrogen-bond donors (Lipinski definition) is 0. The maximum absolute atomic E-state index is 12.3. The molecule has 1 aliphatic carbocycles. The summed E-state index contributed by atoms with van der Waals surface area (Å²) < 4.78 is 34.7. The van der Waals surface area contributed by atoms with Crippen molar-refractivity contribution in [3.63, 3.8) is 0 Å². The molecule has 26 heavy (non-hydrogen) atoms. The molecule has 0 N–H and O–H groups in total. The Morgan fingerprint density at radius 1 is 1.27 bits per heavy atom. The van der Waals surface area contributed by atoms with Crippen LogP contribution in [-0.2, 0) is 20.7 Å². The van der Waals surface area contributed by atoms with Crippen molar-refractivity contribution >= 4 is 23.4 Å². The number of carbonyl (C=O) groups excluding carboxylic acids is 2. The third-order valence-electron chi connectivity index (χ3n) is 5.30. The van der Waals surface area contributed by atoms with Gasteiger partial charge in [0.2, 0.25) is 0 Å². The fourth-order valence-corrected chi connectivity index (χ4v) is 4.37. The second-order valence-electron chi connectivity index (χ2n) is 7.06. The van der Waals surface area contributed by atoms with Crippen molar-refractivity contribution < 1.29 is 27.8 Å². The number of esters is 1. The first kappa shape index (κ1) is 19.1. The molecule has 1 atom stereocenters. The standard InChI is InChI=1S/C19H21ClF2O4/c20-15-9-12(5-6-16(15)25-18(21)22)7-8-19(13-3-1-2-4-13)11-14(23)10-17(24)26-19/h5-6,9,13,18H,1-4,7-8,10-11H2. The summed E-state index contributed by atoms with van der Waals surface area (Å²) in [6.45, 7) is -2.93. The van der Waals surface area contributed by atoms with Gasteiger partial charge in [-0.1, -0.05) is 30.5 Å². The highest BCUT2D eigenvalue weighted by molar-refractivity contribution is 6.32. The minimum Gasteiger partial charge on any atom is -0.458 e. The molecule has 2 fully saturated rings. The van der Waals surface area contributed by atoms with Crippen LogP contribution in [0.15, 0.2) is 18.2 Å². The van der Waals surface area contributed by atoms with Crippen molar-refractivity contribution in [2.24, 2.45) is 5.92 Å². The number of hydrogen-bond acceptors (Lipinski definition) is 4. The molecule has 0 aromatic heterocycles. The molecule has 0 spiro atoms. The third-order valence-corrected chi connectivity index (χ3v) is 5.60. The van der Waals surface area contributed by atoms with Gasteiger partial charge in [-0.25, -0.2) is 0 Å². The summed E-state index contributed by atoms with van der Waals surface area (Å²) in [6, 6.07) is 4.65. The van der Waals surface area contributed by atoms with Crippen LogP contribution in [0.5, 0.6) is 5.75 Å². The normalized spacial score (nSPS) is 24.2. The van der Waals surface area contributed by atoms with Gasteiger partial charge in [0.05, 0.1) is 5.02 Å². The molecule has 1 saturated heterocycles. The highest BCUT2D eigenvalue weighted by atomic mass is 35.5. The van der Waals surface area contributed by atoms with Gasteiger partial charge in [0.15, 0.2) is 0 Å². The van der Waals surface area contributed by atoms with E-state index in [1.54, 1.807) is 12.1 Å². The van der Waals surface area contributed by atoms with Gasteiger partial charge in [0.25, 0.3) is 0 Å². The number of aryl methyl sites for hydroxylation is 1. The maximum atomic E-state index is 12.3. The second kappa shape index (κ2) is 7.91. The predicted octanol–water partition coefficient (Wildman–Crippen LogP) is 4.71. The molecular formula is C19H21ClF2O4. The van der Waals surface area contributed by atoms with Crippen molar-refractivity contribution in [2.75, 3.05) is 0 Å². The number of halogens is 3. The smallest absolute Gasteiger partial charge is 0.387 e. The minimum atomic E-state index is -2.93. The predicted molar refractivity (Wildman–Crippen MR) is 91.4 cm³/mol. The summed E-state index contributed by atoms with van der Waals surface area (Å²) in [7, 11) is 0. The van der Waals surface area contributed by atoms with E-state index in [-0.39, 0.29) is 35.3 Å².